The predicted octanol–water partition coefficient (Wildman–Crippen LogP) is 3.22. The first-order chi connectivity index (χ1) is 15.5. The van der Waals surface area contributed by atoms with Crippen LogP contribution in [0.1, 0.15) is 43.7 Å². The zero-order chi connectivity index (χ0) is 22.7. The van der Waals surface area contributed by atoms with Crippen LogP contribution >= 0.6 is 11.8 Å². The van der Waals surface area contributed by atoms with Gasteiger partial charge in [-0.1, -0.05) is 6.07 Å². The number of hydrogen-bond acceptors (Lipinski definition) is 8. The average Bonchev–Trinajstić information content (AvgIpc) is 3.31. The maximum atomic E-state index is 10.1. The molecule has 4 atom stereocenters. The highest BCUT2D eigenvalue weighted by molar-refractivity contribution is 7.98. The molecule has 0 radical (unpaired) electrons. The molecule has 1 aromatic rings. The number of aliphatic hydroxyl groups is 2. The lowest BCUT2D eigenvalue weighted by atomic mass is 9.96. The van der Waals surface area contributed by atoms with Crippen LogP contribution in [0.4, 0.5) is 0 Å². The molecule has 0 bridgehead atoms. The summed E-state index contributed by atoms with van der Waals surface area (Å²) in [5.41, 5.74) is 4.99. The number of aliphatic hydroxyl groups excluding tert-OH is 2. The van der Waals surface area contributed by atoms with Gasteiger partial charge in [0, 0.05) is 36.5 Å². The van der Waals surface area contributed by atoms with E-state index in [-0.39, 0.29) is 12.6 Å². The van der Waals surface area contributed by atoms with Gasteiger partial charge < -0.3 is 24.4 Å². The highest BCUT2D eigenvalue weighted by atomic mass is 32.2. The van der Waals surface area contributed by atoms with Crippen LogP contribution in [-0.2, 0) is 20.6 Å². The normalized spacial score (nSPS) is 28.8. The standard InChI is InChI=1S/C24H34N2O5S/c1-15-8-22(32-3)5-4-17(15)9-18-10-23(25-26(16(18)2)19-6-7-29-14-19)31-24-12-20(28)11-21(13-27)30-24/h4-5,8,19-21,24,27-28H,6-7,9-14H2,1-3H3. The van der Waals surface area contributed by atoms with E-state index in [4.69, 9.17) is 19.3 Å². The Hall–Kier alpha value is -1.58. The number of rotatable bonds is 6. The summed E-state index contributed by atoms with van der Waals surface area (Å²) in [7, 11) is 0. The molecule has 7 nitrogen and oxygen atoms in total. The third-order valence-corrected chi connectivity index (χ3v) is 7.18. The smallest absolute Gasteiger partial charge is 0.213 e. The molecule has 0 aliphatic carbocycles. The molecule has 8 heteroatoms. The molecule has 0 spiro atoms. The first kappa shape index (κ1) is 23.6. The molecule has 4 rings (SSSR count). The Morgan fingerprint density at radius 1 is 1.28 bits per heavy atom. The number of benzene rings is 1. The third-order valence-electron chi connectivity index (χ3n) is 6.46. The fourth-order valence-corrected chi connectivity index (χ4v) is 5.04. The van der Waals surface area contributed by atoms with Crippen LogP contribution in [0.25, 0.3) is 0 Å². The summed E-state index contributed by atoms with van der Waals surface area (Å²) in [6.45, 7) is 5.54. The Morgan fingerprint density at radius 2 is 2.12 bits per heavy atom. The summed E-state index contributed by atoms with van der Waals surface area (Å²) in [6.07, 6.45) is 3.65. The number of nitrogens with zero attached hydrogens (tertiary/aromatic N) is 2. The van der Waals surface area contributed by atoms with E-state index in [1.165, 1.54) is 21.6 Å². The first-order valence-corrected chi connectivity index (χ1v) is 12.6. The monoisotopic (exact) mass is 462 g/mol. The van der Waals surface area contributed by atoms with Crippen molar-refractivity contribution >= 4 is 17.7 Å². The fraction of sp³-hybridized carbons (Fsp3) is 0.625. The van der Waals surface area contributed by atoms with E-state index in [2.05, 4.69) is 43.3 Å². The molecule has 2 saturated heterocycles. The van der Waals surface area contributed by atoms with Crippen LogP contribution in [0.3, 0.4) is 0 Å². The molecule has 176 valence electrons. The Kier molecular flexibility index (Phi) is 7.78. The zero-order valence-corrected chi connectivity index (χ0v) is 19.9. The van der Waals surface area contributed by atoms with Crippen molar-refractivity contribution in [2.24, 2.45) is 5.10 Å². The Bertz CT molecular complexity index is 868. The van der Waals surface area contributed by atoms with E-state index in [9.17, 15) is 10.2 Å². The second-order valence-electron chi connectivity index (χ2n) is 8.80. The Balaban J connectivity index is 1.55. The van der Waals surface area contributed by atoms with Gasteiger partial charge in [0.05, 0.1) is 31.5 Å². The minimum absolute atomic E-state index is 0.134. The number of hydrazone groups is 1. The molecule has 0 aromatic heterocycles. The number of hydrogen-bond donors (Lipinski definition) is 2. The minimum atomic E-state index is -0.612. The zero-order valence-electron chi connectivity index (χ0n) is 19.1. The van der Waals surface area contributed by atoms with Gasteiger partial charge >= 0.3 is 0 Å². The largest absolute Gasteiger partial charge is 0.450 e. The van der Waals surface area contributed by atoms with Crippen molar-refractivity contribution in [1.29, 1.82) is 0 Å². The number of aryl methyl sites for hydroxylation is 1. The highest BCUT2D eigenvalue weighted by Crippen LogP contribution is 2.31. The van der Waals surface area contributed by atoms with E-state index < -0.39 is 18.5 Å². The van der Waals surface area contributed by atoms with E-state index in [0.717, 1.165) is 25.1 Å². The van der Waals surface area contributed by atoms with Crippen LogP contribution in [0.2, 0.25) is 0 Å². The number of thioether (sulfide) groups is 1. The van der Waals surface area contributed by atoms with Gasteiger partial charge in [0.2, 0.25) is 12.2 Å². The van der Waals surface area contributed by atoms with Crippen molar-refractivity contribution in [2.45, 2.75) is 75.4 Å². The summed E-state index contributed by atoms with van der Waals surface area (Å²) >= 11 is 1.75. The maximum Gasteiger partial charge on any atom is 0.213 e. The molecule has 2 N–H and O–H groups in total. The molecular weight excluding hydrogens is 428 g/mol. The van der Waals surface area contributed by atoms with Crippen molar-refractivity contribution in [3.05, 3.63) is 40.6 Å². The van der Waals surface area contributed by atoms with Gasteiger partial charge in [0.1, 0.15) is 0 Å². The SMILES string of the molecule is CSc1ccc(CC2=C(C)N(C3CCOC3)N=C(OC3CC(O)CC(CO)O3)C2)c(C)c1. The highest BCUT2D eigenvalue weighted by Gasteiger charge is 2.33. The molecular formula is C24H34N2O5S. The molecule has 32 heavy (non-hydrogen) atoms. The number of allylic oxidation sites excluding steroid dienone is 1. The molecule has 1 aromatic carbocycles. The van der Waals surface area contributed by atoms with E-state index in [1.807, 2.05) is 0 Å². The fourth-order valence-electron chi connectivity index (χ4n) is 4.55. The topological polar surface area (TPSA) is 83.8 Å². The summed E-state index contributed by atoms with van der Waals surface area (Å²) in [6, 6.07) is 6.81. The predicted molar refractivity (Wildman–Crippen MR) is 125 cm³/mol. The molecule has 0 amide bonds. The van der Waals surface area contributed by atoms with Gasteiger partial charge in [-0.2, -0.15) is 0 Å². The lowest BCUT2D eigenvalue weighted by Gasteiger charge is -2.36. The lowest BCUT2D eigenvalue weighted by molar-refractivity contribution is -0.191. The van der Waals surface area contributed by atoms with Crippen molar-refractivity contribution in [1.82, 2.24) is 5.01 Å². The van der Waals surface area contributed by atoms with Gasteiger partial charge in [-0.3, -0.25) is 5.01 Å². The third kappa shape index (κ3) is 5.48. The van der Waals surface area contributed by atoms with Crippen molar-refractivity contribution in [3.63, 3.8) is 0 Å². The van der Waals surface area contributed by atoms with Crippen LogP contribution in [0.15, 0.2) is 39.5 Å². The van der Waals surface area contributed by atoms with Gasteiger partial charge in [-0.15, -0.1) is 16.9 Å². The number of ether oxygens (including phenoxy) is 3. The van der Waals surface area contributed by atoms with Gasteiger partial charge in [0.15, 0.2) is 0 Å². The summed E-state index contributed by atoms with van der Waals surface area (Å²) < 4.78 is 17.6. The van der Waals surface area contributed by atoms with E-state index in [0.29, 0.717) is 31.8 Å². The molecule has 2 fully saturated rings. The van der Waals surface area contributed by atoms with Crippen LogP contribution in [0, 0.1) is 6.92 Å². The maximum absolute atomic E-state index is 10.1. The van der Waals surface area contributed by atoms with Crippen LogP contribution in [0.5, 0.6) is 0 Å². The Labute approximate surface area is 194 Å². The van der Waals surface area contributed by atoms with Gasteiger partial charge in [-0.05, 0) is 61.8 Å². The van der Waals surface area contributed by atoms with Crippen molar-refractivity contribution in [2.75, 3.05) is 26.1 Å². The quantitative estimate of drug-likeness (QED) is 0.628. The van der Waals surface area contributed by atoms with Crippen molar-refractivity contribution in [3.8, 4) is 0 Å². The molecule has 0 saturated carbocycles. The van der Waals surface area contributed by atoms with Gasteiger partial charge in [0.25, 0.3) is 0 Å². The summed E-state index contributed by atoms with van der Waals surface area (Å²) in [4.78, 5) is 1.27. The Morgan fingerprint density at radius 3 is 2.81 bits per heavy atom. The molecule has 4 unspecified atom stereocenters. The van der Waals surface area contributed by atoms with Crippen LogP contribution in [-0.4, -0.2) is 71.7 Å². The van der Waals surface area contributed by atoms with Crippen molar-refractivity contribution < 1.29 is 24.4 Å². The molecule has 3 aliphatic heterocycles. The summed E-state index contributed by atoms with van der Waals surface area (Å²) in [5, 5.41) is 26.5. The van der Waals surface area contributed by atoms with E-state index in [1.54, 1.807) is 11.8 Å². The average molecular weight is 463 g/mol. The second-order valence-corrected chi connectivity index (χ2v) is 9.68. The first-order valence-electron chi connectivity index (χ1n) is 11.3. The minimum Gasteiger partial charge on any atom is -0.450 e. The lowest BCUT2D eigenvalue weighted by Crippen LogP contribution is -2.41. The van der Waals surface area contributed by atoms with Gasteiger partial charge in [-0.25, -0.2) is 0 Å². The molecule has 3 aliphatic rings. The second kappa shape index (κ2) is 10.6. The molecule has 3 heterocycles. The van der Waals surface area contributed by atoms with Crippen LogP contribution < -0.4 is 0 Å². The van der Waals surface area contributed by atoms with E-state index >= 15 is 0 Å². The summed E-state index contributed by atoms with van der Waals surface area (Å²) in [5.74, 6) is 0.590.